The summed E-state index contributed by atoms with van der Waals surface area (Å²) in [6, 6.07) is 5.75. The maximum Gasteiger partial charge on any atom is 0.263 e. The molecule has 2 aromatic rings. The van der Waals surface area contributed by atoms with Crippen LogP contribution in [0.4, 0.5) is 10.1 Å². The average Bonchev–Trinajstić information content (AvgIpc) is 2.69. The maximum atomic E-state index is 13.3. The fourth-order valence-corrected chi connectivity index (χ4v) is 4.75. The van der Waals surface area contributed by atoms with Crippen LogP contribution in [-0.2, 0) is 16.6 Å². The van der Waals surface area contributed by atoms with Crippen LogP contribution in [0.15, 0.2) is 29.2 Å². The lowest BCUT2D eigenvalue weighted by atomic mass is 10.2. The highest BCUT2D eigenvalue weighted by atomic mass is 32.2. The molecule has 0 fully saturated rings. The first-order chi connectivity index (χ1) is 9.81. The number of rotatable bonds is 5. The molecule has 0 radical (unpaired) electrons. The minimum Gasteiger partial charge on any atom is -0.315 e. The Labute approximate surface area is 128 Å². The molecule has 0 aliphatic heterocycles. The number of aryl methyl sites for hydroxylation is 2. The molecule has 2 N–H and O–H groups in total. The van der Waals surface area contributed by atoms with Crippen molar-refractivity contribution in [2.75, 3.05) is 11.8 Å². The van der Waals surface area contributed by atoms with Gasteiger partial charge in [0.05, 0.1) is 5.69 Å². The van der Waals surface area contributed by atoms with Gasteiger partial charge in [-0.15, -0.1) is 11.3 Å². The van der Waals surface area contributed by atoms with Gasteiger partial charge in [0.25, 0.3) is 10.0 Å². The number of nitrogens with one attached hydrogen (secondary N) is 2. The van der Waals surface area contributed by atoms with E-state index in [1.807, 2.05) is 0 Å². The summed E-state index contributed by atoms with van der Waals surface area (Å²) in [6.07, 6.45) is 0. The van der Waals surface area contributed by atoms with Gasteiger partial charge in [0.15, 0.2) is 0 Å². The molecule has 0 aliphatic rings. The predicted molar refractivity (Wildman–Crippen MR) is 83.8 cm³/mol. The van der Waals surface area contributed by atoms with Gasteiger partial charge in [0.1, 0.15) is 10.7 Å². The molecule has 1 heterocycles. The molecule has 1 aromatic carbocycles. The Kier molecular flexibility index (Phi) is 4.65. The average molecular weight is 328 g/mol. The number of hydrogen-bond acceptors (Lipinski definition) is 4. The Hall–Kier alpha value is -1.44. The molecule has 21 heavy (non-hydrogen) atoms. The minimum absolute atomic E-state index is 0.230. The number of hydrogen-bond donors (Lipinski definition) is 2. The summed E-state index contributed by atoms with van der Waals surface area (Å²) < 4.78 is 40.6. The Morgan fingerprint density at radius 1 is 1.19 bits per heavy atom. The van der Waals surface area contributed by atoms with Crippen LogP contribution < -0.4 is 10.0 Å². The molecule has 0 saturated heterocycles. The molecule has 4 nitrogen and oxygen atoms in total. The third-order valence-electron chi connectivity index (χ3n) is 2.86. The van der Waals surface area contributed by atoms with Crippen LogP contribution in [-0.4, -0.2) is 15.5 Å². The first kappa shape index (κ1) is 15.9. The van der Waals surface area contributed by atoms with Gasteiger partial charge in [0, 0.05) is 16.3 Å². The molecule has 0 bridgehead atoms. The van der Waals surface area contributed by atoms with Gasteiger partial charge in [0.2, 0.25) is 0 Å². The second-order valence-electron chi connectivity index (χ2n) is 4.79. The number of benzene rings is 1. The van der Waals surface area contributed by atoms with E-state index in [2.05, 4.69) is 10.0 Å². The predicted octanol–water partition coefficient (Wildman–Crippen LogP) is 3.02. The maximum absolute atomic E-state index is 13.3. The first-order valence-corrected chi connectivity index (χ1v) is 8.65. The van der Waals surface area contributed by atoms with E-state index in [0.717, 1.165) is 4.88 Å². The molecule has 114 valence electrons. The van der Waals surface area contributed by atoms with E-state index < -0.39 is 15.8 Å². The van der Waals surface area contributed by atoms with Crippen molar-refractivity contribution in [2.45, 2.75) is 25.3 Å². The Balaban J connectivity index is 2.33. The second kappa shape index (κ2) is 6.13. The Morgan fingerprint density at radius 2 is 1.90 bits per heavy atom. The quantitative estimate of drug-likeness (QED) is 0.887. The lowest BCUT2D eigenvalue weighted by Gasteiger charge is -2.08. The molecule has 2 rings (SSSR count). The highest BCUT2D eigenvalue weighted by Crippen LogP contribution is 2.27. The zero-order valence-corrected chi connectivity index (χ0v) is 13.7. The largest absolute Gasteiger partial charge is 0.315 e. The van der Waals surface area contributed by atoms with Crippen LogP contribution in [0.5, 0.6) is 0 Å². The Morgan fingerprint density at radius 3 is 2.52 bits per heavy atom. The molecule has 0 saturated carbocycles. The van der Waals surface area contributed by atoms with Gasteiger partial charge < -0.3 is 5.32 Å². The highest BCUT2D eigenvalue weighted by Gasteiger charge is 2.20. The van der Waals surface area contributed by atoms with E-state index in [9.17, 15) is 12.8 Å². The molecule has 7 heteroatoms. The smallest absolute Gasteiger partial charge is 0.263 e. The van der Waals surface area contributed by atoms with E-state index in [1.165, 1.54) is 23.5 Å². The zero-order valence-electron chi connectivity index (χ0n) is 12.0. The van der Waals surface area contributed by atoms with E-state index in [0.29, 0.717) is 17.0 Å². The van der Waals surface area contributed by atoms with Crippen molar-refractivity contribution in [2.24, 2.45) is 0 Å². The van der Waals surface area contributed by atoms with E-state index >= 15 is 0 Å². The van der Waals surface area contributed by atoms with Crippen molar-refractivity contribution in [3.05, 3.63) is 45.4 Å². The van der Waals surface area contributed by atoms with Crippen molar-refractivity contribution >= 4 is 27.0 Å². The molecule has 0 aliphatic carbocycles. The lowest BCUT2D eigenvalue weighted by molar-refractivity contribution is 0.601. The number of sulfonamides is 1. The molecule has 0 amide bonds. The van der Waals surface area contributed by atoms with Gasteiger partial charge in [-0.25, -0.2) is 12.8 Å². The summed E-state index contributed by atoms with van der Waals surface area (Å²) in [5, 5.41) is 2.99. The van der Waals surface area contributed by atoms with Gasteiger partial charge in [-0.05, 0) is 50.7 Å². The van der Waals surface area contributed by atoms with Crippen LogP contribution in [0.25, 0.3) is 0 Å². The zero-order chi connectivity index (χ0) is 15.6. The highest BCUT2D eigenvalue weighted by molar-refractivity contribution is 7.93. The van der Waals surface area contributed by atoms with E-state index in [-0.39, 0.29) is 10.6 Å². The fourth-order valence-electron chi connectivity index (χ4n) is 2.06. The molecule has 0 atom stereocenters. The lowest BCUT2D eigenvalue weighted by Crippen LogP contribution is -2.13. The normalized spacial score (nSPS) is 11.6. The summed E-state index contributed by atoms with van der Waals surface area (Å²) in [5.41, 5.74) is 0.888. The topological polar surface area (TPSA) is 58.2 Å². The fraction of sp³-hybridized carbons (Fsp3) is 0.286. The summed E-state index contributed by atoms with van der Waals surface area (Å²) in [5.74, 6) is -0.467. The van der Waals surface area contributed by atoms with Crippen LogP contribution in [0.2, 0.25) is 0 Å². The Bertz CT molecular complexity index is 734. The SMILES string of the molecule is CNCc1cc(S(=O)(=O)Nc2cc(C)cc(F)c2)c(C)s1. The molecule has 1 aromatic heterocycles. The van der Waals surface area contributed by atoms with Crippen LogP contribution in [0.3, 0.4) is 0 Å². The second-order valence-corrected chi connectivity index (χ2v) is 7.78. The summed E-state index contributed by atoms with van der Waals surface area (Å²) in [7, 11) is -1.91. The monoisotopic (exact) mass is 328 g/mol. The minimum atomic E-state index is -3.71. The molecular formula is C14H17FN2O2S2. The van der Waals surface area contributed by atoms with Crippen molar-refractivity contribution in [1.29, 1.82) is 0 Å². The first-order valence-electron chi connectivity index (χ1n) is 6.36. The van der Waals surface area contributed by atoms with Crippen LogP contribution in [0.1, 0.15) is 15.3 Å². The molecular weight excluding hydrogens is 311 g/mol. The van der Waals surface area contributed by atoms with Crippen molar-refractivity contribution < 1.29 is 12.8 Å². The van der Waals surface area contributed by atoms with Gasteiger partial charge in [-0.1, -0.05) is 0 Å². The van der Waals surface area contributed by atoms with Crippen molar-refractivity contribution in [3.63, 3.8) is 0 Å². The summed E-state index contributed by atoms with van der Waals surface area (Å²) >= 11 is 1.43. The summed E-state index contributed by atoms with van der Waals surface area (Å²) in [4.78, 5) is 1.88. The van der Waals surface area contributed by atoms with Gasteiger partial charge in [-0.2, -0.15) is 0 Å². The molecule has 0 unspecified atom stereocenters. The number of thiophene rings is 1. The number of anilines is 1. The molecule has 0 spiro atoms. The third-order valence-corrected chi connectivity index (χ3v) is 5.55. The number of halogens is 1. The van der Waals surface area contributed by atoms with Gasteiger partial charge in [-0.3, -0.25) is 4.72 Å². The standard InChI is InChI=1S/C14H17FN2O2S2/c1-9-4-11(15)6-12(5-9)17-21(18,19)14-7-13(8-16-3)20-10(14)2/h4-7,16-17H,8H2,1-3H3. The summed E-state index contributed by atoms with van der Waals surface area (Å²) in [6.45, 7) is 4.08. The van der Waals surface area contributed by atoms with E-state index in [4.69, 9.17) is 0 Å². The van der Waals surface area contributed by atoms with E-state index in [1.54, 1.807) is 33.0 Å². The third kappa shape index (κ3) is 3.81. The van der Waals surface area contributed by atoms with Gasteiger partial charge >= 0.3 is 0 Å². The van der Waals surface area contributed by atoms with Crippen LogP contribution >= 0.6 is 11.3 Å². The van der Waals surface area contributed by atoms with Crippen LogP contribution in [0, 0.1) is 19.7 Å². The van der Waals surface area contributed by atoms with Crippen molar-refractivity contribution in [3.8, 4) is 0 Å². The van der Waals surface area contributed by atoms with Crippen molar-refractivity contribution in [1.82, 2.24) is 5.32 Å².